The van der Waals surface area contributed by atoms with Crippen molar-refractivity contribution in [1.82, 2.24) is 4.98 Å². The van der Waals surface area contributed by atoms with Gasteiger partial charge in [0.1, 0.15) is 5.75 Å². The standard InChI is InChI=1S/C13H14ClN3O/c1-15-9-5-10(8-16-7-9)17-13-6-11(18-2)3-4-12(13)14/h3-8,15,17H,1-2H3. The number of ether oxygens (including phenoxy) is 1. The van der Waals surface area contributed by atoms with Gasteiger partial charge in [0.25, 0.3) is 0 Å². The van der Waals surface area contributed by atoms with Gasteiger partial charge in [-0.3, -0.25) is 4.98 Å². The molecule has 0 atom stereocenters. The van der Waals surface area contributed by atoms with Crippen LogP contribution in [-0.2, 0) is 0 Å². The summed E-state index contributed by atoms with van der Waals surface area (Å²) in [5.41, 5.74) is 2.57. The fourth-order valence-corrected chi connectivity index (χ4v) is 1.69. The number of halogens is 1. The summed E-state index contributed by atoms with van der Waals surface area (Å²) < 4.78 is 5.17. The lowest BCUT2D eigenvalue weighted by Gasteiger charge is -2.10. The molecule has 0 unspecified atom stereocenters. The van der Waals surface area contributed by atoms with Crippen LogP contribution >= 0.6 is 11.6 Å². The van der Waals surface area contributed by atoms with Crippen molar-refractivity contribution < 1.29 is 4.74 Å². The van der Waals surface area contributed by atoms with E-state index in [4.69, 9.17) is 16.3 Å². The Balaban J connectivity index is 2.27. The summed E-state index contributed by atoms with van der Waals surface area (Å²) >= 11 is 6.12. The molecule has 2 rings (SSSR count). The highest BCUT2D eigenvalue weighted by Crippen LogP contribution is 2.29. The van der Waals surface area contributed by atoms with Crippen LogP contribution < -0.4 is 15.4 Å². The highest BCUT2D eigenvalue weighted by Gasteiger charge is 2.03. The molecule has 18 heavy (non-hydrogen) atoms. The van der Waals surface area contributed by atoms with Gasteiger partial charge in [-0.2, -0.15) is 0 Å². The zero-order valence-corrected chi connectivity index (χ0v) is 11.0. The van der Waals surface area contributed by atoms with Gasteiger partial charge in [0, 0.05) is 13.1 Å². The van der Waals surface area contributed by atoms with E-state index >= 15 is 0 Å². The Labute approximate surface area is 111 Å². The zero-order chi connectivity index (χ0) is 13.0. The molecule has 0 fully saturated rings. The number of nitrogens with one attached hydrogen (secondary N) is 2. The Kier molecular flexibility index (Phi) is 3.89. The third-order valence-corrected chi connectivity index (χ3v) is 2.81. The number of benzene rings is 1. The van der Waals surface area contributed by atoms with Crippen LogP contribution in [0.3, 0.4) is 0 Å². The van der Waals surface area contributed by atoms with E-state index in [1.165, 1.54) is 0 Å². The van der Waals surface area contributed by atoms with Crippen LogP contribution in [0.4, 0.5) is 17.1 Å². The van der Waals surface area contributed by atoms with Crippen molar-refractivity contribution in [2.45, 2.75) is 0 Å². The fraction of sp³-hybridized carbons (Fsp3) is 0.154. The third kappa shape index (κ3) is 2.84. The van der Waals surface area contributed by atoms with Gasteiger partial charge in [0.05, 0.1) is 41.6 Å². The molecule has 0 spiro atoms. The Morgan fingerprint density at radius 2 is 1.94 bits per heavy atom. The van der Waals surface area contributed by atoms with Crippen LogP contribution in [0.15, 0.2) is 36.7 Å². The SMILES string of the molecule is CNc1cncc(Nc2cc(OC)ccc2Cl)c1. The molecule has 94 valence electrons. The topological polar surface area (TPSA) is 46.2 Å². The fourth-order valence-electron chi connectivity index (χ4n) is 1.53. The molecular weight excluding hydrogens is 250 g/mol. The van der Waals surface area contributed by atoms with Crippen molar-refractivity contribution >= 4 is 28.7 Å². The number of pyridine rings is 1. The minimum atomic E-state index is 0.630. The summed E-state index contributed by atoms with van der Waals surface area (Å²) in [6, 6.07) is 7.39. The molecule has 0 saturated carbocycles. The average molecular weight is 264 g/mol. The lowest BCUT2D eigenvalue weighted by Crippen LogP contribution is -1.95. The monoisotopic (exact) mass is 263 g/mol. The van der Waals surface area contributed by atoms with Crippen molar-refractivity contribution in [2.24, 2.45) is 0 Å². The molecule has 1 aromatic heterocycles. The highest BCUT2D eigenvalue weighted by molar-refractivity contribution is 6.33. The first kappa shape index (κ1) is 12.5. The van der Waals surface area contributed by atoms with E-state index in [-0.39, 0.29) is 0 Å². The number of aromatic nitrogens is 1. The largest absolute Gasteiger partial charge is 0.497 e. The molecule has 0 bridgehead atoms. The second-order valence-corrected chi connectivity index (χ2v) is 4.09. The summed E-state index contributed by atoms with van der Waals surface area (Å²) in [5, 5.41) is 6.87. The summed E-state index contributed by atoms with van der Waals surface area (Å²) in [6.07, 6.45) is 3.48. The molecule has 1 aromatic carbocycles. The molecule has 4 nitrogen and oxygen atoms in total. The molecule has 0 radical (unpaired) electrons. The van der Waals surface area contributed by atoms with Gasteiger partial charge in [0.2, 0.25) is 0 Å². The number of rotatable bonds is 4. The van der Waals surface area contributed by atoms with Crippen LogP contribution in [0.2, 0.25) is 5.02 Å². The Morgan fingerprint density at radius 3 is 2.67 bits per heavy atom. The smallest absolute Gasteiger partial charge is 0.121 e. The summed E-state index contributed by atoms with van der Waals surface area (Å²) in [6.45, 7) is 0. The van der Waals surface area contributed by atoms with Gasteiger partial charge in [-0.25, -0.2) is 0 Å². The molecule has 0 aliphatic rings. The van der Waals surface area contributed by atoms with Crippen molar-refractivity contribution in [3.63, 3.8) is 0 Å². The molecule has 0 aliphatic heterocycles. The second-order valence-electron chi connectivity index (χ2n) is 3.68. The Morgan fingerprint density at radius 1 is 1.17 bits per heavy atom. The predicted molar refractivity (Wildman–Crippen MR) is 75.1 cm³/mol. The van der Waals surface area contributed by atoms with E-state index < -0.39 is 0 Å². The summed E-state index contributed by atoms with van der Waals surface area (Å²) in [7, 11) is 3.47. The summed E-state index contributed by atoms with van der Waals surface area (Å²) in [4.78, 5) is 4.12. The van der Waals surface area contributed by atoms with Crippen molar-refractivity contribution in [3.05, 3.63) is 41.7 Å². The minimum Gasteiger partial charge on any atom is -0.497 e. The molecule has 0 aliphatic carbocycles. The van der Waals surface area contributed by atoms with Gasteiger partial charge in [0.15, 0.2) is 0 Å². The normalized spacial score (nSPS) is 9.94. The molecule has 5 heteroatoms. The van der Waals surface area contributed by atoms with Gasteiger partial charge < -0.3 is 15.4 Å². The van der Waals surface area contributed by atoms with E-state index in [1.807, 2.05) is 25.2 Å². The Hall–Kier alpha value is -1.94. The first-order chi connectivity index (χ1) is 8.72. The first-order valence-electron chi connectivity index (χ1n) is 5.46. The molecule has 2 aromatic rings. The van der Waals surface area contributed by atoms with Crippen LogP contribution in [-0.4, -0.2) is 19.1 Å². The van der Waals surface area contributed by atoms with Crippen molar-refractivity contribution in [2.75, 3.05) is 24.8 Å². The van der Waals surface area contributed by atoms with E-state index in [0.717, 1.165) is 22.8 Å². The first-order valence-corrected chi connectivity index (χ1v) is 5.84. The van der Waals surface area contributed by atoms with Crippen LogP contribution in [0.25, 0.3) is 0 Å². The molecule has 0 amide bonds. The van der Waals surface area contributed by atoms with Crippen molar-refractivity contribution in [3.8, 4) is 5.75 Å². The molecule has 0 saturated heterocycles. The van der Waals surface area contributed by atoms with Gasteiger partial charge in [-0.1, -0.05) is 11.6 Å². The van der Waals surface area contributed by atoms with Gasteiger partial charge >= 0.3 is 0 Å². The minimum absolute atomic E-state index is 0.630. The lowest BCUT2D eigenvalue weighted by atomic mass is 10.2. The average Bonchev–Trinajstić information content (AvgIpc) is 2.41. The number of hydrogen-bond donors (Lipinski definition) is 2. The predicted octanol–water partition coefficient (Wildman–Crippen LogP) is 3.53. The second kappa shape index (κ2) is 5.60. The maximum absolute atomic E-state index is 6.12. The number of nitrogens with zero attached hydrogens (tertiary/aromatic N) is 1. The highest BCUT2D eigenvalue weighted by atomic mass is 35.5. The van der Waals surface area contributed by atoms with Gasteiger partial charge in [-0.05, 0) is 18.2 Å². The van der Waals surface area contributed by atoms with Crippen LogP contribution in [0.5, 0.6) is 5.75 Å². The van der Waals surface area contributed by atoms with E-state index in [9.17, 15) is 0 Å². The molecular formula is C13H14ClN3O. The van der Waals surface area contributed by atoms with E-state index in [0.29, 0.717) is 5.02 Å². The number of hydrogen-bond acceptors (Lipinski definition) is 4. The quantitative estimate of drug-likeness (QED) is 0.886. The van der Waals surface area contributed by atoms with E-state index in [2.05, 4.69) is 15.6 Å². The maximum atomic E-state index is 6.12. The summed E-state index contributed by atoms with van der Waals surface area (Å²) in [5.74, 6) is 0.750. The number of methoxy groups -OCH3 is 1. The Bertz CT molecular complexity index is 546. The molecule has 1 heterocycles. The molecule has 2 N–H and O–H groups in total. The lowest BCUT2D eigenvalue weighted by molar-refractivity contribution is 0.415. The van der Waals surface area contributed by atoms with Crippen LogP contribution in [0, 0.1) is 0 Å². The van der Waals surface area contributed by atoms with E-state index in [1.54, 1.807) is 25.6 Å². The third-order valence-electron chi connectivity index (χ3n) is 2.48. The van der Waals surface area contributed by atoms with Crippen LogP contribution in [0.1, 0.15) is 0 Å². The maximum Gasteiger partial charge on any atom is 0.121 e. The number of anilines is 3. The van der Waals surface area contributed by atoms with Crippen molar-refractivity contribution in [1.29, 1.82) is 0 Å². The zero-order valence-electron chi connectivity index (χ0n) is 10.2. The van der Waals surface area contributed by atoms with Gasteiger partial charge in [-0.15, -0.1) is 0 Å².